The van der Waals surface area contributed by atoms with E-state index in [-0.39, 0.29) is 5.60 Å². The van der Waals surface area contributed by atoms with E-state index in [1.807, 2.05) is 0 Å². The van der Waals surface area contributed by atoms with Crippen molar-refractivity contribution in [2.75, 3.05) is 13.2 Å². The lowest BCUT2D eigenvalue weighted by atomic mass is 9.85. The van der Waals surface area contributed by atoms with Gasteiger partial charge in [-0.25, -0.2) is 0 Å². The van der Waals surface area contributed by atoms with E-state index >= 15 is 0 Å². The molecule has 1 saturated carbocycles. The van der Waals surface area contributed by atoms with Gasteiger partial charge in [0, 0.05) is 12.6 Å². The highest BCUT2D eigenvalue weighted by Crippen LogP contribution is 2.28. The molecule has 0 aromatic carbocycles. The van der Waals surface area contributed by atoms with E-state index in [0.29, 0.717) is 0 Å². The molecule has 2 nitrogen and oxygen atoms in total. The van der Waals surface area contributed by atoms with Gasteiger partial charge in [-0.15, -0.1) is 0 Å². The lowest BCUT2D eigenvalue weighted by Gasteiger charge is -2.29. The minimum Gasteiger partial charge on any atom is -0.374 e. The minimum absolute atomic E-state index is 0.0390. The summed E-state index contributed by atoms with van der Waals surface area (Å²) in [6.45, 7) is 6.33. The van der Waals surface area contributed by atoms with Gasteiger partial charge in [-0.3, -0.25) is 0 Å². The van der Waals surface area contributed by atoms with E-state index in [0.717, 1.165) is 25.1 Å². The van der Waals surface area contributed by atoms with Gasteiger partial charge >= 0.3 is 0 Å². The molecule has 0 amide bonds. The number of hydrogen-bond donors (Lipinski definition) is 1. The van der Waals surface area contributed by atoms with Crippen molar-refractivity contribution in [3.8, 4) is 0 Å². The van der Waals surface area contributed by atoms with Gasteiger partial charge in [-0.1, -0.05) is 12.8 Å². The first-order valence-electron chi connectivity index (χ1n) is 5.55. The second kappa shape index (κ2) is 3.58. The Balaban J connectivity index is 1.99. The fourth-order valence-corrected chi connectivity index (χ4v) is 2.44. The quantitative estimate of drug-likeness (QED) is 0.619. The highest BCUT2D eigenvalue weighted by atomic mass is 16.5. The number of rotatable bonds is 0. The SMILES string of the molecule is CC1(C)CNC2CCCCC2CO1. The zero-order chi connectivity index (χ0) is 9.31. The highest BCUT2D eigenvalue weighted by Gasteiger charge is 2.32. The minimum atomic E-state index is 0.0390. The van der Waals surface area contributed by atoms with Gasteiger partial charge in [0.1, 0.15) is 0 Å². The van der Waals surface area contributed by atoms with Crippen LogP contribution in [-0.2, 0) is 4.74 Å². The Morgan fingerprint density at radius 2 is 2.00 bits per heavy atom. The number of ether oxygens (including phenoxy) is 1. The van der Waals surface area contributed by atoms with Crippen LogP contribution >= 0.6 is 0 Å². The standard InChI is InChI=1S/C11H21NO/c1-11(2)8-12-10-6-4-3-5-9(10)7-13-11/h9-10,12H,3-8H2,1-2H3. The van der Waals surface area contributed by atoms with E-state index in [2.05, 4.69) is 19.2 Å². The summed E-state index contributed by atoms with van der Waals surface area (Å²) in [6.07, 6.45) is 5.50. The third-order valence-corrected chi connectivity index (χ3v) is 3.39. The first-order valence-corrected chi connectivity index (χ1v) is 5.55. The molecule has 0 bridgehead atoms. The molecule has 2 unspecified atom stereocenters. The zero-order valence-electron chi connectivity index (χ0n) is 8.81. The van der Waals surface area contributed by atoms with E-state index in [4.69, 9.17) is 4.74 Å². The summed E-state index contributed by atoms with van der Waals surface area (Å²) in [7, 11) is 0. The summed E-state index contributed by atoms with van der Waals surface area (Å²) in [6, 6.07) is 0.732. The molecular formula is C11H21NO. The van der Waals surface area contributed by atoms with Crippen molar-refractivity contribution in [3.63, 3.8) is 0 Å². The molecule has 1 aliphatic carbocycles. The van der Waals surface area contributed by atoms with Crippen molar-refractivity contribution in [1.29, 1.82) is 0 Å². The van der Waals surface area contributed by atoms with Crippen molar-refractivity contribution in [3.05, 3.63) is 0 Å². The maximum atomic E-state index is 5.90. The predicted molar refractivity (Wildman–Crippen MR) is 53.8 cm³/mol. The van der Waals surface area contributed by atoms with Crippen LogP contribution in [0.3, 0.4) is 0 Å². The molecule has 2 rings (SSSR count). The van der Waals surface area contributed by atoms with Crippen molar-refractivity contribution in [1.82, 2.24) is 5.32 Å². The summed E-state index contributed by atoms with van der Waals surface area (Å²) >= 11 is 0. The van der Waals surface area contributed by atoms with Crippen molar-refractivity contribution >= 4 is 0 Å². The topological polar surface area (TPSA) is 21.3 Å². The van der Waals surface area contributed by atoms with E-state index < -0.39 is 0 Å². The van der Waals surface area contributed by atoms with Crippen LogP contribution in [0.5, 0.6) is 0 Å². The van der Waals surface area contributed by atoms with Crippen LogP contribution in [0.15, 0.2) is 0 Å². The van der Waals surface area contributed by atoms with Gasteiger partial charge in [0.25, 0.3) is 0 Å². The zero-order valence-corrected chi connectivity index (χ0v) is 8.81. The largest absolute Gasteiger partial charge is 0.374 e. The molecule has 1 aliphatic heterocycles. The first kappa shape index (κ1) is 9.47. The summed E-state index contributed by atoms with van der Waals surface area (Å²) in [4.78, 5) is 0. The number of hydrogen-bond acceptors (Lipinski definition) is 2. The van der Waals surface area contributed by atoms with Crippen molar-refractivity contribution in [2.24, 2.45) is 5.92 Å². The van der Waals surface area contributed by atoms with Crippen LogP contribution in [0.1, 0.15) is 39.5 Å². The van der Waals surface area contributed by atoms with Gasteiger partial charge in [0.15, 0.2) is 0 Å². The monoisotopic (exact) mass is 183 g/mol. The van der Waals surface area contributed by atoms with E-state index in [9.17, 15) is 0 Å². The maximum absolute atomic E-state index is 5.90. The maximum Gasteiger partial charge on any atom is 0.0750 e. The molecule has 0 aromatic heterocycles. The van der Waals surface area contributed by atoms with Crippen molar-refractivity contribution in [2.45, 2.75) is 51.2 Å². The van der Waals surface area contributed by atoms with Crippen LogP contribution in [0, 0.1) is 5.92 Å². The fraction of sp³-hybridized carbons (Fsp3) is 1.00. The summed E-state index contributed by atoms with van der Waals surface area (Å²) in [5.41, 5.74) is 0.0390. The molecule has 76 valence electrons. The molecule has 0 spiro atoms. The number of fused-ring (bicyclic) bond motifs is 1. The molecule has 2 fully saturated rings. The lowest BCUT2D eigenvalue weighted by molar-refractivity contribution is -0.0204. The van der Waals surface area contributed by atoms with E-state index in [1.165, 1.54) is 25.7 Å². The van der Waals surface area contributed by atoms with Crippen LogP contribution in [0.25, 0.3) is 0 Å². The lowest BCUT2D eigenvalue weighted by Crippen LogP contribution is -2.41. The third kappa shape index (κ3) is 2.23. The Morgan fingerprint density at radius 1 is 1.23 bits per heavy atom. The number of nitrogens with one attached hydrogen (secondary N) is 1. The Bertz CT molecular complexity index is 161. The summed E-state index contributed by atoms with van der Waals surface area (Å²) < 4.78 is 5.90. The predicted octanol–water partition coefficient (Wildman–Crippen LogP) is 1.94. The first-order chi connectivity index (χ1) is 6.17. The summed E-state index contributed by atoms with van der Waals surface area (Å²) in [5.74, 6) is 0.774. The smallest absolute Gasteiger partial charge is 0.0750 e. The molecule has 0 radical (unpaired) electrons. The second-order valence-corrected chi connectivity index (χ2v) is 5.10. The molecule has 2 atom stereocenters. The van der Waals surface area contributed by atoms with Gasteiger partial charge in [0.05, 0.1) is 12.2 Å². The van der Waals surface area contributed by atoms with Crippen LogP contribution < -0.4 is 5.32 Å². The van der Waals surface area contributed by atoms with Crippen LogP contribution in [0.2, 0.25) is 0 Å². The highest BCUT2D eigenvalue weighted by molar-refractivity contribution is 4.87. The van der Waals surface area contributed by atoms with Crippen LogP contribution in [0.4, 0.5) is 0 Å². The van der Waals surface area contributed by atoms with Gasteiger partial charge in [-0.2, -0.15) is 0 Å². The Kier molecular flexibility index (Phi) is 2.61. The fourth-order valence-electron chi connectivity index (χ4n) is 2.44. The molecule has 1 saturated heterocycles. The summed E-state index contributed by atoms with van der Waals surface area (Å²) in [5, 5.41) is 3.65. The third-order valence-electron chi connectivity index (χ3n) is 3.39. The molecular weight excluding hydrogens is 162 g/mol. The van der Waals surface area contributed by atoms with E-state index in [1.54, 1.807) is 0 Å². The molecule has 2 heteroatoms. The second-order valence-electron chi connectivity index (χ2n) is 5.10. The molecule has 2 aliphatic rings. The van der Waals surface area contributed by atoms with Crippen LogP contribution in [-0.4, -0.2) is 24.8 Å². The van der Waals surface area contributed by atoms with Gasteiger partial charge in [0.2, 0.25) is 0 Å². The van der Waals surface area contributed by atoms with Crippen molar-refractivity contribution < 1.29 is 4.74 Å². The molecule has 1 heterocycles. The molecule has 0 aromatic rings. The molecule has 13 heavy (non-hydrogen) atoms. The van der Waals surface area contributed by atoms with Gasteiger partial charge < -0.3 is 10.1 Å². The normalized spacial score (nSPS) is 39.2. The molecule has 1 N–H and O–H groups in total. The Hall–Kier alpha value is -0.0800. The average molecular weight is 183 g/mol. The average Bonchev–Trinajstić information content (AvgIpc) is 2.27. The van der Waals surface area contributed by atoms with Gasteiger partial charge in [-0.05, 0) is 32.6 Å². The Labute approximate surface area is 81.0 Å². The Morgan fingerprint density at radius 3 is 2.85 bits per heavy atom.